The van der Waals surface area contributed by atoms with Gasteiger partial charge in [-0.15, -0.1) is 0 Å². The summed E-state index contributed by atoms with van der Waals surface area (Å²) in [5, 5.41) is 13.9. The first-order chi connectivity index (χ1) is 14.6. The first kappa shape index (κ1) is 19.1. The summed E-state index contributed by atoms with van der Waals surface area (Å²) < 4.78 is 0. The number of hydrogen-bond donors (Lipinski definition) is 2. The predicted octanol–water partition coefficient (Wildman–Crippen LogP) is 4.74. The third-order valence-corrected chi connectivity index (χ3v) is 5.06. The third kappa shape index (κ3) is 3.56. The van der Waals surface area contributed by atoms with Crippen molar-refractivity contribution in [2.45, 2.75) is 13.0 Å². The van der Waals surface area contributed by atoms with E-state index in [0.717, 1.165) is 33.3 Å². The van der Waals surface area contributed by atoms with Crippen molar-refractivity contribution in [2.24, 2.45) is 0 Å². The topological polar surface area (TPSA) is 105 Å². The molecule has 2 heterocycles. The molecule has 30 heavy (non-hydrogen) atoms. The fourth-order valence-corrected chi connectivity index (χ4v) is 3.40. The Kier molecular flexibility index (Phi) is 5.10. The third-order valence-electron chi connectivity index (χ3n) is 5.06. The highest BCUT2D eigenvalue weighted by atomic mass is 16.1. The van der Waals surface area contributed by atoms with Crippen molar-refractivity contribution in [1.82, 2.24) is 9.97 Å². The average molecular weight is 393 g/mol. The molecule has 0 aliphatic heterocycles. The molecule has 0 fully saturated rings. The summed E-state index contributed by atoms with van der Waals surface area (Å²) in [6.45, 7) is 2.05. The van der Waals surface area contributed by atoms with Crippen LogP contribution in [0.2, 0.25) is 0 Å². The second-order valence-corrected chi connectivity index (χ2v) is 6.98. The van der Waals surface area contributed by atoms with Gasteiger partial charge in [-0.25, -0.2) is 4.98 Å². The van der Waals surface area contributed by atoms with Crippen LogP contribution in [0, 0.1) is 11.3 Å². The molecule has 0 spiro atoms. The molecule has 0 saturated heterocycles. The highest BCUT2D eigenvalue weighted by molar-refractivity contribution is 5.97. The Hall–Kier alpha value is -4.24. The highest BCUT2D eigenvalue weighted by Crippen LogP contribution is 2.33. The number of anilines is 2. The number of benzene rings is 2. The van der Waals surface area contributed by atoms with E-state index < -0.39 is 0 Å². The standard InChI is InChI=1S/C24H19N5O/c1-15(16-5-3-2-4-6-16)29-23-20(11-25)13-27-22-8-7-17(10-21(22)23)18-9-19(14-30)24(26)28-12-18/h2-10,12-15H,1H3,(H2,26,28)(H,27,29). The summed E-state index contributed by atoms with van der Waals surface area (Å²) in [5.74, 6) is 0.196. The minimum atomic E-state index is -0.00703. The van der Waals surface area contributed by atoms with Crippen molar-refractivity contribution in [3.05, 3.63) is 83.7 Å². The Morgan fingerprint density at radius 3 is 2.60 bits per heavy atom. The van der Waals surface area contributed by atoms with E-state index in [0.29, 0.717) is 17.4 Å². The van der Waals surface area contributed by atoms with Crippen LogP contribution in [0.25, 0.3) is 22.0 Å². The second kappa shape index (κ2) is 8.02. The van der Waals surface area contributed by atoms with E-state index in [1.165, 1.54) is 0 Å². The van der Waals surface area contributed by atoms with E-state index >= 15 is 0 Å². The lowest BCUT2D eigenvalue weighted by atomic mass is 10.0. The van der Waals surface area contributed by atoms with Crippen molar-refractivity contribution in [1.29, 1.82) is 5.26 Å². The number of aldehydes is 1. The van der Waals surface area contributed by atoms with E-state index in [4.69, 9.17) is 5.73 Å². The number of nitrogen functional groups attached to an aromatic ring is 1. The molecule has 0 amide bonds. The molecule has 2 aromatic heterocycles. The van der Waals surface area contributed by atoms with E-state index in [9.17, 15) is 10.1 Å². The Morgan fingerprint density at radius 1 is 1.07 bits per heavy atom. The van der Waals surface area contributed by atoms with E-state index in [2.05, 4.69) is 21.4 Å². The number of rotatable bonds is 5. The van der Waals surface area contributed by atoms with Crippen LogP contribution in [0.4, 0.5) is 11.5 Å². The quantitative estimate of drug-likeness (QED) is 0.475. The normalized spacial score (nSPS) is 11.6. The molecule has 6 nitrogen and oxygen atoms in total. The van der Waals surface area contributed by atoms with Crippen LogP contribution in [-0.4, -0.2) is 16.3 Å². The molecule has 0 aliphatic rings. The van der Waals surface area contributed by atoms with Gasteiger partial charge in [-0.05, 0) is 36.2 Å². The number of pyridine rings is 2. The molecular formula is C24H19N5O. The van der Waals surface area contributed by atoms with Crippen LogP contribution in [0.5, 0.6) is 0 Å². The van der Waals surface area contributed by atoms with Crippen molar-refractivity contribution < 1.29 is 4.79 Å². The van der Waals surface area contributed by atoms with Gasteiger partial charge in [0.15, 0.2) is 6.29 Å². The maximum Gasteiger partial charge on any atom is 0.153 e. The monoisotopic (exact) mass is 393 g/mol. The molecule has 146 valence electrons. The Bertz CT molecular complexity index is 1280. The predicted molar refractivity (Wildman–Crippen MR) is 118 cm³/mol. The van der Waals surface area contributed by atoms with Gasteiger partial charge in [-0.1, -0.05) is 36.4 Å². The van der Waals surface area contributed by atoms with Gasteiger partial charge in [-0.3, -0.25) is 9.78 Å². The van der Waals surface area contributed by atoms with Crippen molar-refractivity contribution in [3.63, 3.8) is 0 Å². The zero-order valence-corrected chi connectivity index (χ0v) is 16.3. The van der Waals surface area contributed by atoms with Gasteiger partial charge in [-0.2, -0.15) is 5.26 Å². The molecule has 0 aliphatic carbocycles. The van der Waals surface area contributed by atoms with Gasteiger partial charge in [0.1, 0.15) is 11.9 Å². The number of nitrogens with zero attached hydrogens (tertiary/aromatic N) is 3. The van der Waals surface area contributed by atoms with Crippen LogP contribution >= 0.6 is 0 Å². The molecule has 4 rings (SSSR count). The van der Waals surface area contributed by atoms with E-state index in [1.54, 1.807) is 18.5 Å². The number of nitrogens with one attached hydrogen (secondary N) is 1. The molecule has 0 bridgehead atoms. The number of aromatic nitrogens is 2. The highest BCUT2D eigenvalue weighted by Gasteiger charge is 2.14. The maximum atomic E-state index is 11.2. The van der Waals surface area contributed by atoms with Crippen LogP contribution in [0.15, 0.2) is 67.0 Å². The number of carbonyl (C=O) groups is 1. The summed E-state index contributed by atoms with van der Waals surface area (Å²) in [5.41, 5.74) is 10.8. The van der Waals surface area contributed by atoms with Gasteiger partial charge >= 0.3 is 0 Å². The summed E-state index contributed by atoms with van der Waals surface area (Å²) >= 11 is 0. The fraction of sp³-hybridized carbons (Fsp3) is 0.0833. The summed E-state index contributed by atoms with van der Waals surface area (Å²) in [6.07, 6.45) is 3.90. The van der Waals surface area contributed by atoms with Crippen molar-refractivity contribution in [2.75, 3.05) is 11.1 Å². The minimum absolute atomic E-state index is 0.00703. The largest absolute Gasteiger partial charge is 0.383 e. The average Bonchev–Trinajstić information content (AvgIpc) is 2.80. The van der Waals surface area contributed by atoms with Gasteiger partial charge in [0.25, 0.3) is 0 Å². The lowest BCUT2D eigenvalue weighted by Crippen LogP contribution is -2.08. The molecule has 3 N–H and O–H groups in total. The van der Waals surface area contributed by atoms with Crippen molar-refractivity contribution in [3.8, 4) is 17.2 Å². The van der Waals surface area contributed by atoms with Gasteiger partial charge in [0.05, 0.1) is 22.3 Å². The van der Waals surface area contributed by atoms with Gasteiger partial charge in [0.2, 0.25) is 0 Å². The smallest absolute Gasteiger partial charge is 0.153 e. The van der Waals surface area contributed by atoms with E-state index in [-0.39, 0.29) is 11.9 Å². The molecule has 1 atom stereocenters. The van der Waals surface area contributed by atoms with Crippen molar-refractivity contribution >= 4 is 28.7 Å². The first-order valence-electron chi connectivity index (χ1n) is 9.46. The number of carbonyl (C=O) groups excluding carboxylic acids is 1. The Morgan fingerprint density at radius 2 is 1.87 bits per heavy atom. The lowest BCUT2D eigenvalue weighted by molar-refractivity contribution is 0.112. The van der Waals surface area contributed by atoms with Gasteiger partial charge < -0.3 is 11.1 Å². The van der Waals surface area contributed by atoms with Crippen LogP contribution in [-0.2, 0) is 0 Å². The summed E-state index contributed by atoms with van der Waals surface area (Å²) in [7, 11) is 0. The SMILES string of the molecule is CC(Nc1c(C#N)cnc2ccc(-c3cnc(N)c(C=O)c3)cc12)c1ccccc1. The number of hydrogen-bond acceptors (Lipinski definition) is 6. The molecule has 0 radical (unpaired) electrons. The van der Waals surface area contributed by atoms with E-state index in [1.807, 2.05) is 55.5 Å². The molecule has 6 heteroatoms. The lowest BCUT2D eigenvalue weighted by Gasteiger charge is -2.18. The van der Waals surface area contributed by atoms with Crippen LogP contribution in [0.3, 0.4) is 0 Å². The first-order valence-corrected chi connectivity index (χ1v) is 9.46. The summed E-state index contributed by atoms with van der Waals surface area (Å²) in [4.78, 5) is 19.8. The molecule has 1 unspecified atom stereocenters. The van der Waals surface area contributed by atoms with Crippen LogP contribution in [0.1, 0.15) is 34.5 Å². The Balaban J connectivity index is 1.83. The maximum absolute atomic E-state index is 11.2. The summed E-state index contributed by atoms with van der Waals surface area (Å²) in [6, 6.07) is 19.7. The van der Waals surface area contributed by atoms with Crippen LogP contribution < -0.4 is 11.1 Å². The number of fused-ring (bicyclic) bond motifs is 1. The zero-order valence-electron chi connectivity index (χ0n) is 16.3. The molecule has 0 saturated carbocycles. The zero-order chi connectivity index (χ0) is 21.1. The molecule has 2 aromatic carbocycles. The molecule has 4 aromatic rings. The van der Waals surface area contributed by atoms with Gasteiger partial charge in [0, 0.05) is 29.4 Å². The number of nitriles is 1. The minimum Gasteiger partial charge on any atom is -0.383 e. The fourth-order valence-electron chi connectivity index (χ4n) is 3.40. The second-order valence-electron chi connectivity index (χ2n) is 6.98. The number of nitrogens with two attached hydrogens (primary N) is 1. The molecular weight excluding hydrogens is 374 g/mol. The Labute approximate surface area is 174 Å².